The number of carbonyl (C=O) groups excluding carboxylic acids is 2. The molecule has 4 rings (SSSR count). The molecule has 1 aliphatic heterocycles. The van der Waals surface area contributed by atoms with Crippen LogP contribution >= 0.6 is 11.6 Å². The number of hydrogen-bond donors (Lipinski definition) is 1. The van der Waals surface area contributed by atoms with E-state index in [4.69, 9.17) is 16.0 Å². The van der Waals surface area contributed by atoms with Crippen LogP contribution in [0.2, 0.25) is 5.02 Å². The molecule has 1 N–H and O–H groups in total. The summed E-state index contributed by atoms with van der Waals surface area (Å²) in [6, 6.07) is 11.7. The Balaban J connectivity index is 1.56. The Morgan fingerprint density at radius 1 is 1.10 bits per heavy atom. The smallest absolute Gasteiger partial charge is 0.336 e. The second kappa shape index (κ2) is 8.32. The van der Waals surface area contributed by atoms with Crippen molar-refractivity contribution in [2.75, 3.05) is 18.4 Å². The van der Waals surface area contributed by atoms with Crippen molar-refractivity contribution < 1.29 is 14.0 Å². The van der Waals surface area contributed by atoms with Gasteiger partial charge in [-0.3, -0.25) is 9.59 Å². The van der Waals surface area contributed by atoms with Crippen molar-refractivity contribution in [1.82, 2.24) is 4.90 Å². The van der Waals surface area contributed by atoms with E-state index in [9.17, 15) is 14.4 Å². The molecule has 0 saturated carbocycles. The molecule has 2 aromatic carbocycles. The third-order valence-corrected chi connectivity index (χ3v) is 5.55. The second-order valence-corrected chi connectivity index (χ2v) is 7.92. The third-order valence-electron chi connectivity index (χ3n) is 5.22. The quantitative estimate of drug-likeness (QED) is 0.637. The van der Waals surface area contributed by atoms with Gasteiger partial charge in [-0.2, -0.15) is 0 Å². The first-order valence-electron chi connectivity index (χ1n) is 9.83. The Kier molecular flexibility index (Phi) is 5.59. The standard InChI is InChI=1S/C23H21ClN2O4/c1-14-4-6-17-16(13-22(28)30-20(17)10-14)12-21(27)25-19-11-15(5-7-18(19)24)23(29)26-8-2-3-9-26/h4-7,10-11,13H,2-3,8-9,12H2,1H3,(H,25,27). The van der Waals surface area contributed by atoms with E-state index in [-0.39, 0.29) is 18.2 Å². The van der Waals surface area contributed by atoms with Crippen LogP contribution in [0, 0.1) is 6.92 Å². The van der Waals surface area contributed by atoms with Crippen LogP contribution in [0.1, 0.15) is 34.3 Å². The molecule has 7 heteroatoms. The van der Waals surface area contributed by atoms with E-state index in [1.807, 2.05) is 19.1 Å². The minimum Gasteiger partial charge on any atom is -0.423 e. The maximum atomic E-state index is 12.7. The summed E-state index contributed by atoms with van der Waals surface area (Å²) < 4.78 is 5.24. The van der Waals surface area contributed by atoms with Gasteiger partial charge >= 0.3 is 5.63 Å². The summed E-state index contributed by atoms with van der Waals surface area (Å²) >= 11 is 6.24. The first kappa shape index (κ1) is 20.2. The van der Waals surface area contributed by atoms with Crippen LogP contribution < -0.4 is 10.9 Å². The zero-order valence-corrected chi connectivity index (χ0v) is 17.3. The van der Waals surface area contributed by atoms with Crippen LogP contribution in [0.3, 0.4) is 0 Å². The van der Waals surface area contributed by atoms with E-state index >= 15 is 0 Å². The lowest BCUT2D eigenvalue weighted by molar-refractivity contribution is -0.115. The van der Waals surface area contributed by atoms with Crippen molar-refractivity contribution in [3.05, 3.63) is 74.6 Å². The van der Waals surface area contributed by atoms with Crippen molar-refractivity contribution in [3.63, 3.8) is 0 Å². The van der Waals surface area contributed by atoms with Crippen molar-refractivity contribution in [2.24, 2.45) is 0 Å². The molecule has 1 aliphatic rings. The van der Waals surface area contributed by atoms with Gasteiger partial charge in [-0.15, -0.1) is 0 Å². The van der Waals surface area contributed by atoms with E-state index in [0.717, 1.165) is 31.5 Å². The summed E-state index contributed by atoms with van der Waals surface area (Å²) in [6.45, 7) is 3.38. The fraction of sp³-hybridized carbons (Fsp3) is 0.261. The summed E-state index contributed by atoms with van der Waals surface area (Å²) in [6.07, 6.45) is 1.98. The van der Waals surface area contributed by atoms with Gasteiger partial charge < -0.3 is 14.6 Å². The fourth-order valence-electron chi connectivity index (χ4n) is 3.71. The Bertz CT molecular complexity index is 1200. The monoisotopic (exact) mass is 424 g/mol. The van der Waals surface area contributed by atoms with Gasteiger partial charge in [-0.1, -0.05) is 23.7 Å². The van der Waals surface area contributed by atoms with Crippen LogP contribution in [0.25, 0.3) is 11.0 Å². The Labute approximate surface area is 178 Å². The predicted octanol–water partition coefficient (Wildman–Crippen LogP) is 4.17. The lowest BCUT2D eigenvalue weighted by Crippen LogP contribution is -2.27. The predicted molar refractivity (Wildman–Crippen MR) is 116 cm³/mol. The zero-order valence-electron chi connectivity index (χ0n) is 16.5. The molecule has 30 heavy (non-hydrogen) atoms. The molecule has 3 aromatic rings. The summed E-state index contributed by atoms with van der Waals surface area (Å²) in [4.78, 5) is 39.0. The summed E-state index contributed by atoms with van der Waals surface area (Å²) in [5.74, 6) is -0.406. The Morgan fingerprint density at radius 2 is 1.87 bits per heavy atom. The van der Waals surface area contributed by atoms with Crippen LogP contribution in [-0.4, -0.2) is 29.8 Å². The van der Waals surface area contributed by atoms with Crippen molar-refractivity contribution in [2.45, 2.75) is 26.2 Å². The number of carbonyl (C=O) groups is 2. The number of nitrogens with one attached hydrogen (secondary N) is 1. The number of halogens is 1. The third kappa shape index (κ3) is 4.24. The van der Waals surface area contributed by atoms with Gasteiger partial charge in [0.25, 0.3) is 5.91 Å². The molecule has 1 saturated heterocycles. The molecule has 2 heterocycles. The van der Waals surface area contributed by atoms with Gasteiger partial charge in [0.2, 0.25) is 5.91 Å². The number of rotatable bonds is 4. The average molecular weight is 425 g/mol. The fourth-order valence-corrected chi connectivity index (χ4v) is 3.87. The number of benzene rings is 2. The maximum Gasteiger partial charge on any atom is 0.336 e. The first-order valence-corrected chi connectivity index (χ1v) is 10.2. The number of aryl methyl sites for hydroxylation is 1. The molecule has 2 amide bonds. The molecular weight excluding hydrogens is 404 g/mol. The average Bonchev–Trinajstić information content (AvgIpc) is 3.23. The summed E-state index contributed by atoms with van der Waals surface area (Å²) in [7, 11) is 0. The largest absolute Gasteiger partial charge is 0.423 e. The van der Waals surface area contributed by atoms with Gasteiger partial charge in [-0.25, -0.2) is 4.79 Å². The Hall–Kier alpha value is -3.12. The molecular formula is C23H21ClN2O4. The molecule has 154 valence electrons. The molecule has 0 spiro atoms. The lowest BCUT2D eigenvalue weighted by Gasteiger charge is -2.16. The molecule has 0 atom stereocenters. The van der Waals surface area contributed by atoms with Crippen LogP contribution in [0.4, 0.5) is 5.69 Å². The Morgan fingerprint density at radius 3 is 2.63 bits per heavy atom. The van der Waals surface area contributed by atoms with Crippen molar-refractivity contribution >= 4 is 40.1 Å². The van der Waals surface area contributed by atoms with Crippen molar-refractivity contribution in [3.8, 4) is 0 Å². The number of fused-ring (bicyclic) bond motifs is 1. The minimum absolute atomic E-state index is 0.0220. The molecule has 1 aromatic heterocycles. The molecule has 0 bridgehead atoms. The van der Waals surface area contributed by atoms with Crippen LogP contribution in [-0.2, 0) is 11.2 Å². The number of nitrogens with zero attached hydrogens (tertiary/aromatic N) is 1. The molecule has 0 aliphatic carbocycles. The number of hydrogen-bond acceptors (Lipinski definition) is 4. The van der Waals surface area contributed by atoms with Gasteiger partial charge in [0.15, 0.2) is 0 Å². The van der Waals surface area contributed by atoms with Crippen LogP contribution in [0.15, 0.2) is 51.7 Å². The van der Waals surface area contributed by atoms with E-state index < -0.39 is 5.63 Å². The highest BCUT2D eigenvalue weighted by Gasteiger charge is 2.20. The normalized spacial score (nSPS) is 13.6. The SMILES string of the molecule is Cc1ccc2c(CC(=O)Nc3cc(C(=O)N4CCCC4)ccc3Cl)cc(=O)oc2c1. The van der Waals surface area contributed by atoms with Crippen LogP contribution in [0.5, 0.6) is 0 Å². The molecule has 0 unspecified atom stereocenters. The van der Waals surface area contributed by atoms with Gasteiger partial charge in [0, 0.05) is 30.1 Å². The van der Waals surface area contributed by atoms with E-state index in [2.05, 4.69) is 5.32 Å². The molecule has 1 fully saturated rings. The summed E-state index contributed by atoms with van der Waals surface area (Å²) in [5.41, 5.74) is 2.32. The maximum absolute atomic E-state index is 12.7. The minimum atomic E-state index is -0.507. The van der Waals surface area contributed by atoms with E-state index in [1.165, 1.54) is 6.07 Å². The van der Waals surface area contributed by atoms with E-state index in [0.29, 0.717) is 32.8 Å². The summed E-state index contributed by atoms with van der Waals surface area (Å²) in [5, 5.41) is 3.82. The van der Waals surface area contributed by atoms with E-state index in [1.54, 1.807) is 29.2 Å². The zero-order chi connectivity index (χ0) is 21.3. The number of anilines is 1. The highest BCUT2D eigenvalue weighted by atomic mass is 35.5. The highest BCUT2D eigenvalue weighted by molar-refractivity contribution is 6.34. The number of likely N-dealkylation sites (tertiary alicyclic amines) is 1. The first-order chi connectivity index (χ1) is 14.4. The van der Waals surface area contributed by atoms with Gasteiger partial charge in [0.05, 0.1) is 17.1 Å². The highest BCUT2D eigenvalue weighted by Crippen LogP contribution is 2.25. The van der Waals surface area contributed by atoms with Gasteiger partial charge in [0.1, 0.15) is 5.58 Å². The lowest BCUT2D eigenvalue weighted by atomic mass is 10.1. The molecule has 6 nitrogen and oxygen atoms in total. The number of amides is 2. The van der Waals surface area contributed by atoms with Gasteiger partial charge in [-0.05, 0) is 55.2 Å². The molecule has 0 radical (unpaired) electrons. The second-order valence-electron chi connectivity index (χ2n) is 7.51. The topological polar surface area (TPSA) is 79.6 Å². The van der Waals surface area contributed by atoms with Crippen molar-refractivity contribution in [1.29, 1.82) is 0 Å².